The number of aliphatic hydroxyl groups excluding tert-OH is 1. The summed E-state index contributed by atoms with van der Waals surface area (Å²) in [6.45, 7) is 1.17. The van der Waals surface area contributed by atoms with E-state index in [0.717, 1.165) is 12.0 Å². The Bertz CT molecular complexity index is 609. The van der Waals surface area contributed by atoms with Crippen LogP contribution in [0.25, 0.3) is 0 Å². The minimum absolute atomic E-state index is 0.0332. The van der Waals surface area contributed by atoms with Crippen molar-refractivity contribution in [2.24, 2.45) is 5.92 Å². The van der Waals surface area contributed by atoms with Gasteiger partial charge in [-0.3, -0.25) is 4.79 Å². The number of aromatic nitrogens is 2. The standard InChI is InChI=1S/C16H18N2O3/c19-14(12-4-2-1-3-5-12)15-17-8-10-18(15)9-6-13-7-11-21-16(13)20/h1-5,8,10,13-14,19H,6-7,9,11H2. The van der Waals surface area contributed by atoms with Gasteiger partial charge in [-0.2, -0.15) is 0 Å². The Morgan fingerprint density at radius 1 is 1.38 bits per heavy atom. The molecule has 1 aromatic carbocycles. The number of ether oxygens (including phenoxy) is 1. The number of rotatable bonds is 5. The summed E-state index contributed by atoms with van der Waals surface area (Å²) in [4.78, 5) is 15.7. The maximum absolute atomic E-state index is 11.5. The van der Waals surface area contributed by atoms with E-state index in [1.54, 1.807) is 6.20 Å². The van der Waals surface area contributed by atoms with Gasteiger partial charge in [0.1, 0.15) is 11.9 Å². The van der Waals surface area contributed by atoms with E-state index < -0.39 is 6.10 Å². The molecule has 2 unspecified atom stereocenters. The highest BCUT2D eigenvalue weighted by molar-refractivity contribution is 5.73. The lowest BCUT2D eigenvalue weighted by Crippen LogP contribution is -2.14. The maximum Gasteiger partial charge on any atom is 0.309 e. The third-order valence-corrected chi connectivity index (χ3v) is 3.87. The molecule has 5 nitrogen and oxygen atoms in total. The van der Waals surface area contributed by atoms with Gasteiger partial charge >= 0.3 is 5.97 Å². The molecule has 1 aromatic heterocycles. The Hall–Kier alpha value is -2.14. The summed E-state index contributed by atoms with van der Waals surface area (Å²) in [5.74, 6) is 0.460. The van der Waals surface area contributed by atoms with Gasteiger partial charge in [0.2, 0.25) is 0 Å². The van der Waals surface area contributed by atoms with Crippen molar-refractivity contribution in [3.8, 4) is 0 Å². The van der Waals surface area contributed by atoms with E-state index in [2.05, 4.69) is 4.98 Å². The van der Waals surface area contributed by atoms with Gasteiger partial charge in [0.25, 0.3) is 0 Å². The molecule has 110 valence electrons. The van der Waals surface area contributed by atoms with Gasteiger partial charge in [0, 0.05) is 18.9 Å². The number of hydrogen-bond donors (Lipinski definition) is 1. The number of benzene rings is 1. The van der Waals surface area contributed by atoms with E-state index in [9.17, 15) is 9.90 Å². The normalized spacial score (nSPS) is 19.5. The van der Waals surface area contributed by atoms with E-state index in [0.29, 0.717) is 25.4 Å². The van der Waals surface area contributed by atoms with Crippen molar-refractivity contribution in [2.45, 2.75) is 25.5 Å². The van der Waals surface area contributed by atoms with Gasteiger partial charge in [-0.1, -0.05) is 30.3 Å². The molecule has 3 rings (SSSR count). The molecule has 0 amide bonds. The summed E-state index contributed by atoms with van der Waals surface area (Å²) in [6, 6.07) is 9.44. The van der Waals surface area contributed by atoms with Gasteiger partial charge in [-0.15, -0.1) is 0 Å². The Balaban J connectivity index is 1.70. The first kappa shape index (κ1) is 13.8. The Labute approximate surface area is 123 Å². The number of nitrogens with zero attached hydrogens (tertiary/aromatic N) is 2. The van der Waals surface area contributed by atoms with Crippen LogP contribution in [0.4, 0.5) is 0 Å². The first-order chi connectivity index (χ1) is 10.3. The summed E-state index contributed by atoms with van der Waals surface area (Å²) >= 11 is 0. The molecule has 1 aliphatic heterocycles. The number of hydrogen-bond acceptors (Lipinski definition) is 4. The highest BCUT2D eigenvalue weighted by atomic mass is 16.5. The summed E-state index contributed by atoms with van der Waals surface area (Å²) in [5.41, 5.74) is 0.810. The van der Waals surface area contributed by atoms with Crippen LogP contribution < -0.4 is 0 Å². The number of esters is 1. The van der Waals surface area contributed by atoms with Crippen molar-refractivity contribution >= 4 is 5.97 Å². The number of aliphatic hydroxyl groups is 1. The summed E-state index contributed by atoms with van der Waals surface area (Å²) in [5, 5.41) is 10.4. The monoisotopic (exact) mass is 286 g/mol. The quantitative estimate of drug-likeness (QED) is 0.853. The zero-order valence-corrected chi connectivity index (χ0v) is 11.7. The number of carbonyl (C=O) groups excluding carboxylic acids is 1. The van der Waals surface area contributed by atoms with Crippen LogP contribution in [0.2, 0.25) is 0 Å². The van der Waals surface area contributed by atoms with Crippen molar-refractivity contribution in [3.05, 3.63) is 54.1 Å². The Morgan fingerprint density at radius 2 is 2.19 bits per heavy atom. The molecule has 1 N–H and O–H groups in total. The molecule has 0 aliphatic carbocycles. The van der Waals surface area contributed by atoms with Crippen LogP contribution in [0, 0.1) is 5.92 Å². The fourth-order valence-electron chi connectivity index (χ4n) is 2.64. The average Bonchev–Trinajstić information content (AvgIpc) is 3.14. The Morgan fingerprint density at radius 3 is 2.90 bits per heavy atom. The van der Waals surface area contributed by atoms with Crippen molar-refractivity contribution in [2.75, 3.05) is 6.61 Å². The lowest BCUT2D eigenvalue weighted by atomic mass is 10.0. The molecule has 5 heteroatoms. The lowest BCUT2D eigenvalue weighted by Gasteiger charge is -2.14. The summed E-state index contributed by atoms with van der Waals surface area (Å²) in [6.07, 6.45) is 4.25. The van der Waals surface area contributed by atoms with Crippen LogP contribution >= 0.6 is 0 Å². The molecule has 1 aliphatic rings. The topological polar surface area (TPSA) is 64.4 Å². The van der Waals surface area contributed by atoms with Crippen LogP contribution in [0.5, 0.6) is 0 Å². The third kappa shape index (κ3) is 2.97. The van der Waals surface area contributed by atoms with E-state index in [4.69, 9.17) is 4.74 Å². The molecule has 2 aromatic rings. The van der Waals surface area contributed by atoms with Gasteiger partial charge < -0.3 is 14.4 Å². The van der Waals surface area contributed by atoms with Crippen molar-refractivity contribution in [1.29, 1.82) is 0 Å². The molecule has 21 heavy (non-hydrogen) atoms. The van der Waals surface area contributed by atoms with Gasteiger partial charge in [-0.25, -0.2) is 4.98 Å². The maximum atomic E-state index is 11.5. The SMILES string of the molecule is O=C1OCCC1CCn1ccnc1C(O)c1ccccc1. The zero-order valence-electron chi connectivity index (χ0n) is 11.7. The van der Waals surface area contributed by atoms with Crippen LogP contribution in [-0.4, -0.2) is 27.2 Å². The van der Waals surface area contributed by atoms with Gasteiger partial charge in [0.15, 0.2) is 0 Å². The minimum atomic E-state index is -0.753. The predicted octanol–water partition coefficient (Wildman–Crippen LogP) is 1.92. The van der Waals surface area contributed by atoms with Crippen LogP contribution in [-0.2, 0) is 16.1 Å². The first-order valence-corrected chi connectivity index (χ1v) is 7.16. The van der Waals surface area contributed by atoms with Gasteiger partial charge in [-0.05, 0) is 18.4 Å². The molecule has 0 bridgehead atoms. The second kappa shape index (κ2) is 6.10. The van der Waals surface area contributed by atoms with Gasteiger partial charge in [0.05, 0.1) is 12.5 Å². The average molecular weight is 286 g/mol. The molecule has 2 atom stereocenters. The highest BCUT2D eigenvalue weighted by Gasteiger charge is 2.26. The molecular formula is C16H18N2O3. The number of aryl methyl sites for hydroxylation is 1. The van der Waals surface area contributed by atoms with E-state index in [1.165, 1.54) is 0 Å². The van der Waals surface area contributed by atoms with Crippen LogP contribution in [0.1, 0.15) is 30.3 Å². The highest BCUT2D eigenvalue weighted by Crippen LogP contribution is 2.23. The third-order valence-electron chi connectivity index (χ3n) is 3.87. The second-order valence-electron chi connectivity index (χ2n) is 5.23. The molecular weight excluding hydrogens is 268 g/mol. The fraction of sp³-hybridized carbons (Fsp3) is 0.375. The van der Waals surface area contributed by atoms with Crippen LogP contribution in [0.15, 0.2) is 42.7 Å². The van der Waals surface area contributed by atoms with Crippen molar-refractivity contribution in [3.63, 3.8) is 0 Å². The van der Waals surface area contributed by atoms with E-state index >= 15 is 0 Å². The molecule has 1 saturated heterocycles. The number of imidazole rings is 1. The molecule has 0 spiro atoms. The molecule has 0 saturated carbocycles. The molecule has 1 fully saturated rings. The predicted molar refractivity (Wildman–Crippen MR) is 76.4 cm³/mol. The number of carbonyl (C=O) groups is 1. The Kier molecular flexibility index (Phi) is 4.01. The largest absolute Gasteiger partial charge is 0.465 e. The second-order valence-corrected chi connectivity index (χ2v) is 5.23. The summed E-state index contributed by atoms with van der Waals surface area (Å²) in [7, 11) is 0. The molecule has 0 radical (unpaired) electrons. The van der Waals surface area contributed by atoms with E-state index in [1.807, 2.05) is 41.1 Å². The van der Waals surface area contributed by atoms with E-state index in [-0.39, 0.29) is 11.9 Å². The zero-order chi connectivity index (χ0) is 14.7. The van der Waals surface area contributed by atoms with Crippen molar-refractivity contribution in [1.82, 2.24) is 9.55 Å². The smallest absolute Gasteiger partial charge is 0.309 e. The molecule has 2 heterocycles. The van der Waals surface area contributed by atoms with Crippen molar-refractivity contribution < 1.29 is 14.6 Å². The lowest BCUT2D eigenvalue weighted by molar-refractivity contribution is -0.141. The fourth-order valence-corrected chi connectivity index (χ4v) is 2.64. The number of cyclic esters (lactones) is 1. The van der Waals surface area contributed by atoms with Crippen LogP contribution in [0.3, 0.4) is 0 Å². The first-order valence-electron chi connectivity index (χ1n) is 7.16. The summed E-state index contributed by atoms with van der Waals surface area (Å²) < 4.78 is 6.88. The minimum Gasteiger partial charge on any atom is -0.465 e.